The molecule has 0 radical (unpaired) electrons. The van der Waals surface area contributed by atoms with Crippen LogP contribution in [0.1, 0.15) is 24.0 Å². The predicted octanol–water partition coefficient (Wildman–Crippen LogP) is 4.42. The Balaban J connectivity index is 1.70. The van der Waals surface area contributed by atoms with Crippen molar-refractivity contribution in [2.24, 2.45) is 0 Å². The molecule has 4 heteroatoms. The van der Waals surface area contributed by atoms with E-state index in [1.54, 1.807) is 6.07 Å². The number of hydrogen-bond acceptors (Lipinski definition) is 2. The van der Waals surface area contributed by atoms with Crippen molar-refractivity contribution in [1.82, 2.24) is 5.32 Å². The number of halogens is 2. The van der Waals surface area contributed by atoms with Gasteiger partial charge in [-0.05, 0) is 52.5 Å². The van der Waals surface area contributed by atoms with E-state index in [-0.39, 0.29) is 5.82 Å². The lowest BCUT2D eigenvalue weighted by Crippen LogP contribution is -2.16. The van der Waals surface area contributed by atoms with Crippen LogP contribution in [-0.2, 0) is 13.2 Å². The van der Waals surface area contributed by atoms with Crippen molar-refractivity contribution in [2.75, 3.05) is 0 Å². The van der Waals surface area contributed by atoms with E-state index in [1.807, 2.05) is 18.2 Å². The van der Waals surface area contributed by atoms with Gasteiger partial charge in [-0.25, -0.2) is 4.39 Å². The van der Waals surface area contributed by atoms with Gasteiger partial charge < -0.3 is 10.1 Å². The van der Waals surface area contributed by atoms with Gasteiger partial charge in [0.15, 0.2) is 0 Å². The lowest BCUT2D eigenvalue weighted by molar-refractivity contribution is 0.299. The first kappa shape index (κ1) is 14.5. The van der Waals surface area contributed by atoms with E-state index < -0.39 is 0 Å². The highest BCUT2D eigenvalue weighted by molar-refractivity contribution is 9.10. The first-order valence-electron chi connectivity index (χ1n) is 7.10. The summed E-state index contributed by atoms with van der Waals surface area (Å²) in [6, 6.07) is 13.2. The van der Waals surface area contributed by atoms with Crippen molar-refractivity contribution in [3.63, 3.8) is 0 Å². The van der Waals surface area contributed by atoms with Gasteiger partial charge in [-0.3, -0.25) is 0 Å². The van der Waals surface area contributed by atoms with Gasteiger partial charge in [-0.2, -0.15) is 0 Å². The minimum Gasteiger partial charge on any atom is -0.487 e. The third-order valence-corrected chi connectivity index (χ3v) is 4.10. The number of rotatable bonds is 6. The van der Waals surface area contributed by atoms with E-state index >= 15 is 0 Å². The second-order valence-corrected chi connectivity index (χ2v) is 6.16. The molecule has 0 aliphatic heterocycles. The van der Waals surface area contributed by atoms with Crippen molar-refractivity contribution in [3.05, 3.63) is 63.9 Å². The summed E-state index contributed by atoms with van der Waals surface area (Å²) in [5.74, 6) is 0.591. The van der Waals surface area contributed by atoms with Crippen LogP contribution in [0.15, 0.2) is 46.9 Å². The van der Waals surface area contributed by atoms with Gasteiger partial charge in [0.2, 0.25) is 0 Å². The van der Waals surface area contributed by atoms with Crippen molar-refractivity contribution in [3.8, 4) is 5.75 Å². The molecule has 0 bridgehead atoms. The average molecular weight is 350 g/mol. The smallest absolute Gasteiger partial charge is 0.138 e. The van der Waals surface area contributed by atoms with E-state index in [4.69, 9.17) is 4.74 Å². The van der Waals surface area contributed by atoms with Crippen LogP contribution in [0, 0.1) is 5.82 Å². The zero-order valence-electron chi connectivity index (χ0n) is 11.6. The highest BCUT2D eigenvalue weighted by Gasteiger charge is 2.21. The van der Waals surface area contributed by atoms with Crippen LogP contribution < -0.4 is 10.1 Å². The van der Waals surface area contributed by atoms with Crippen LogP contribution in [0.3, 0.4) is 0 Å². The molecule has 21 heavy (non-hydrogen) atoms. The summed E-state index contributed by atoms with van der Waals surface area (Å²) in [6.07, 6.45) is 2.51. The summed E-state index contributed by atoms with van der Waals surface area (Å²) in [7, 11) is 0. The summed E-state index contributed by atoms with van der Waals surface area (Å²) < 4.78 is 20.0. The Hall–Kier alpha value is -1.39. The fourth-order valence-corrected chi connectivity index (χ4v) is 2.70. The van der Waals surface area contributed by atoms with Crippen LogP contribution in [0.5, 0.6) is 5.75 Å². The second kappa shape index (κ2) is 6.58. The largest absolute Gasteiger partial charge is 0.487 e. The summed E-state index contributed by atoms with van der Waals surface area (Å²) in [4.78, 5) is 0. The van der Waals surface area contributed by atoms with Gasteiger partial charge >= 0.3 is 0 Å². The topological polar surface area (TPSA) is 21.3 Å². The van der Waals surface area contributed by atoms with Gasteiger partial charge in [-0.15, -0.1) is 0 Å². The standard InChI is InChI=1S/C17H17BrFNO/c18-16-6-2-4-13(10-20-15-7-8-15)17(16)21-11-12-3-1-5-14(19)9-12/h1-6,9,15,20H,7-8,10-11H2. The van der Waals surface area contributed by atoms with Crippen LogP contribution >= 0.6 is 15.9 Å². The van der Waals surface area contributed by atoms with Crippen molar-refractivity contribution >= 4 is 15.9 Å². The summed E-state index contributed by atoms with van der Waals surface area (Å²) in [5, 5.41) is 3.49. The Labute approximate surface area is 132 Å². The van der Waals surface area contributed by atoms with Gasteiger partial charge in [-0.1, -0.05) is 24.3 Å². The van der Waals surface area contributed by atoms with Crippen LogP contribution in [0.25, 0.3) is 0 Å². The SMILES string of the molecule is Fc1cccc(COc2c(Br)cccc2CNC2CC2)c1. The molecule has 1 saturated carbocycles. The lowest BCUT2D eigenvalue weighted by Gasteiger charge is -2.14. The molecule has 0 heterocycles. The fourth-order valence-electron chi connectivity index (χ4n) is 2.18. The second-order valence-electron chi connectivity index (χ2n) is 5.30. The van der Waals surface area contributed by atoms with Gasteiger partial charge in [0.1, 0.15) is 18.2 Å². The van der Waals surface area contributed by atoms with Crippen molar-refractivity contribution in [2.45, 2.75) is 32.0 Å². The summed E-state index contributed by atoms with van der Waals surface area (Å²) in [5.41, 5.74) is 1.94. The first-order chi connectivity index (χ1) is 10.2. The van der Waals surface area contributed by atoms with E-state index in [0.29, 0.717) is 12.6 Å². The monoisotopic (exact) mass is 349 g/mol. The van der Waals surface area contributed by atoms with Gasteiger partial charge in [0, 0.05) is 18.2 Å². The summed E-state index contributed by atoms with van der Waals surface area (Å²) in [6.45, 7) is 1.15. The Kier molecular flexibility index (Phi) is 4.56. The number of benzene rings is 2. The van der Waals surface area contributed by atoms with E-state index in [2.05, 4.69) is 27.3 Å². The normalized spacial score (nSPS) is 14.2. The van der Waals surface area contributed by atoms with Gasteiger partial charge in [0.05, 0.1) is 4.47 Å². The Bertz CT molecular complexity index is 628. The molecule has 1 aliphatic rings. The molecule has 2 aromatic rings. The maximum atomic E-state index is 13.2. The van der Waals surface area contributed by atoms with Gasteiger partial charge in [0.25, 0.3) is 0 Å². The van der Waals surface area contributed by atoms with E-state index in [9.17, 15) is 4.39 Å². The fraction of sp³-hybridized carbons (Fsp3) is 0.294. The van der Waals surface area contributed by atoms with E-state index in [1.165, 1.54) is 25.0 Å². The molecule has 2 nitrogen and oxygen atoms in total. The first-order valence-corrected chi connectivity index (χ1v) is 7.89. The average Bonchev–Trinajstić information content (AvgIpc) is 3.28. The Morgan fingerprint density at radius 1 is 1.19 bits per heavy atom. The molecule has 0 spiro atoms. The molecule has 0 aromatic heterocycles. The summed E-state index contributed by atoms with van der Waals surface area (Å²) >= 11 is 3.53. The van der Waals surface area contributed by atoms with Crippen LogP contribution in [-0.4, -0.2) is 6.04 Å². The van der Waals surface area contributed by atoms with E-state index in [0.717, 1.165) is 27.9 Å². The molecule has 0 atom stereocenters. The third kappa shape index (κ3) is 4.05. The predicted molar refractivity (Wildman–Crippen MR) is 84.7 cm³/mol. The molecule has 1 fully saturated rings. The minimum absolute atomic E-state index is 0.237. The maximum absolute atomic E-state index is 13.2. The highest BCUT2D eigenvalue weighted by Crippen LogP contribution is 2.30. The van der Waals surface area contributed by atoms with Crippen molar-refractivity contribution in [1.29, 1.82) is 0 Å². The number of ether oxygens (including phenoxy) is 1. The quantitative estimate of drug-likeness (QED) is 0.833. The molecule has 1 aliphatic carbocycles. The molecular weight excluding hydrogens is 333 g/mol. The number of hydrogen-bond donors (Lipinski definition) is 1. The molecule has 0 unspecified atom stereocenters. The van der Waals surface area contributed by atoms with Crippen LogP contribution in [0.2, 0.25) is 0 Å². The molecule has 0 amide bonds. The number of para-hydroxylation sites is 1. The maximum Gasteiger partial charge on any atom is 0.138 e. The zero-order chi connectivity index (χ0) is 14.7. The molecule has 0 saturated heterocycles. The third-order valence-electron chi connectivity index (χ3n) is 3.48. The Morgan fingerprint density at radius 3 is 2.76 bits per heavy atom. The molecule has 110 valence electrons. The zero-order valence-corrected chi connectivity index (χ0v) is 13.2. The van der Waals surface area contributed by atoms with Crippen molar-refractivity contribution < 1.29 is 9.13 Å². The molecule has 3 rings (SSSR count). The molecule has 1 N–H and O–H groups in total. The highest BCUT2D eigenvalue weighted by atomic mass is 79.9. The lowest BCUT2D eigenvalue weighted by atomic mass is 10.2. The molecule has 2 aromatic carbocycles. The van der Waals surface area contributed by atoms with Crippen LogP contribution in [0.4, 0.5) is 4.39 Å². The Morgan fingerprint density at radius 2 is 2.00 bits per heavy atom. The molecular formula is C17H17BrFNO. The number of nitrogens with one attached hydrogen (secondary N) is 1. The minimum atomic E-state index is -0.237.